The first-order valence-corrected chi connectivity index (χ1v) is 8.38. The third-order valence-electron chi connectivity index (χ3n) is 3.69. The number of nitrogens with zero attached hydrogens (tertiary/aromatic N) is 6. The highest BCUT2D eigenvalue weighted by atomic mass is 32.1. The molecule has 0 radical (unpaired) electrons. The number of hydrogen-bond acceptors (Lipinski definition) is 6. The van der Waals surface area contributed by atoms with Gasteiger partial charge < -0.3 is 0 Å². The fourth-order valence-corrected chi connectivity index (χ4v) is 3.36. The first kappa shape index (κ1) is 14.7. The van der Waals surface area contributed by atoms with Crippen molar-refractivity contribution in [2.45, 2.75) is 19.9 Å². The van der Waals surface area contributed by atoms with Crippen LogP contribution in [0.1, 0.15) is 16.9 Å². The molecule has 0 aliphatic carbocycles. The topological polar surface area (TPSA) is 78.5 Å². The van der Waals surface area contributed by atoms with Crippen LogP contribution in [0.15, 0.2) is 47.5 Å². The van der Waals surface area contributed by atoms with Crippen LogP contribution in [0.3, 0.4) is 0 Å². The number of aryl methyl sites for hydroxylation is 1. The zero-order chi connectivity index (χ0) is 16.5. The largest absolute Gasteiger partial charge is 0.336 e. The Morgan fingerprint density at radius 1 is 1.00 bits per heavy atom. The monoisotopic (exact) mass is 338 g/mol. The lowest BCUT2D eigenvalue weighted by Crippen LogP contribution is -2.24. The molecular weight excluding hydrogens is 324 g/mol. The van der Waals surface area contributed by atoms with E-state index in [2.05, 4.69) is 20.2 Å². The lowest BCUT2D eigenvalue weighted by molar-refractivity contribution is 0.737. The number of aromatic nitrogens is 6. The third-order valence-corrected chi connectivity index (χ3v) is 4.74. The molecule has 0 N–H and O–H groups in total. The summed E-state index contributed by atoms with van der Waals surface area (Å²) in [6, 6.07) is 9.33. The molecule has 0 atom stereocenters. The molecule has 0 spiro atoms. The minimum atomic E-state index is -0.185. The summed E-state index contributed by atoms with van der Waals surface area (Å²) in [7, 11) is 0. The molecule has 4 rings (SSSR count). The predicted molar refractivity (Wildman–Crippen MR) is 91.5 cm³/mol. The Morgan fingerprint density at radius 3 is 2.42 bits per heavy atom. The minimum absolute atomic E-state index is 0.185. The SMILES string of the molecule is CCc1nnc(Cn2c(=O)n(-c3ncccn3)c3ccccc32)s1. The second kappa shape index (κ2) is 5.97. The van der Waals surface area contributed by atoms with Crippen LogP contribution in [-0.4, -0.2) is 29.3 Å². The Bertz CT molecular complexity index is 1050. The van der Waals surface area contributed by atoms with Crippen molar-refractivity contribution in [3.8, 4) is 5.95 Å². The zero-order valence-electron chi connectivity index (χ0n) is 13.0. The molecule has 120 valence electrons. The Labute approximate surface area is 141 Å². The van der Waals surface area contributed by atoms with Crippen LogP contribution in [0.25, 0.3) is 17.0 Å². The van der Waals surface area contributed by atoms with E-state index in [0.29, 0.717) is 12.5 Å². The van der Waals surface area contributed by atoms with Crippen LogP contribution in [0.4, 0.5) is 0 Å². The average molecular weight is 338 g/mol. The van der Waals surface area contributed by atoms with Crippen LogP contribution in [-0.2, 0) is 13.0 Å². The molecule has 7 nitrogen and oxygen atoms in total. The summed E-state index contributed by atoms with van der Waals surface area (Å²) in [5, 5.41) is 10.1. The van der Waals surface area contributed by atoms with Gasteiger partial charge in [-0.3, -0.25) is 4.57 Å². The second-order valence-corrected chi connectivity index (χ2v) is 6.33. The van der Waals surface area contributed by atoms with Gasteiger partial charge in [-0.2, -0.15) is 0 Å². The molecule has 24 heavy (non-hydrogen) atoms. The molecule has 0 unspecified atom stereocenters. The smallest absolute Gasteiger partial charge is 0.285 e. The number of benzene rings is 1. The van der Waals surface area contributed by atoms with E-state index < -0.39 is 0 Å². The molecule has 0 bridgehead atoms. The van der Waals surface area contributed by atoms with Crippen molar-refractivity contribution in [2.75, 3.05) is 0 Å². The van der Waals surface area contributed by atoms with E-state index >= 15 is 0 Å². The van der Waals surface area contributed by atoms with E-state index in [1.807, 2.05) is 31.2 Å². The summed E-state index contributed by atoms with van der Waals surface area (Å²) in [5.41, 5.74) is 1.41. The van der Waals surface area contributed by atoms with Gasteiger partial charge in [-0.15, -0.1) is 10.2 Å². The van der Waals surface area contributed by atoms with Crippen molar-refractivity contribution in [2.24, 2.45) is 0 Å². The molecule has 8 heteroatoms. The summed E-state index contributed by atoms with van der Waals surface area (Å²) >= 11 is 1.53. The van der Waals surface area contributed by atoms with E-state index in [9.17, 15) is 4.79 Å². The van der Waals surface area contributed by atoms with Gasteiger partial charge in [0.05, 0.1) is 17.6 Å². The van der Waals surface area contributed by atoms with E-state index in [1.165, 1.54) is 15.9 Å². The van der Waals surface area contributed by atoms with Crippen LogP contribution in [0.5, 0.6) is 0 Å². The predicted octanol–water partition coefficient (Wildman–Crippen LogP) is 2.04. The highest BCUT2D eigenvalue weighted by molar-refractivity contribution is 7.11. The van der Waals surface area contributed by atoms with Crippen molar-refractivity contribution in [3.05, 3.63) is 63.2 Å². The standard InChI is InChI=1S/C16H14N6OS/c1-2-13-19-20-14(24-13)10-21-11-6-3-4-7-12(11)22(16(21)23)15-17-8-5-9-18-15/h3-9H,2,10H2,1H3. The van der Waals surface area contributed by atoms with Gasteiger partial charge in [-0.25, -0.2) is 19.3 Å². The van der Waals surface area contributed by atoms with Crippen molar-refractivity contribution >= 4 is 22.4 Å². The highest BCUT2D eigenvalue weighted by Gasteiger charge is 2.17. The van der Waals surface area contributed by atoms with Crippen molar-refractivity contribution < 1.29 is 0 Å². The fraction of sp³-hybridized carbons (Fsp3) is 0.188. The average Bonchev–Trinajstić information content (AvgIpc) is 3.19. The van der Waals surface area contributed by atoms with E-state index in [0.717, 1.165) is 27.5 Å². The van der Waals surface area contributed by atoms with Crippen molar-refractivity contribution in [1.29, 1.82) is 0 Å². The van der Waals surface area contributed by atoms with Crippen LogP contribution < -0.4 is 5.69 Å². The maximum atomic E-state index is 13.0. The van der Waals surface area contributed by atoms with E-state index in [-0.39, 0.29) is 5.69 Å². The maximum absolute atomic E-state index is 13.0. The molecule has 1 aromatic carbocycles. The van der Waals surface area contributed by atoms with Gasteiger partial charge in [0.25, 0.3) is 0 Å². The summed E-state index contributed by atoms with van der Waals surface area (Å²) < 4.78 is 3.21. The zero-order valence-corrected chi connectivity index (χ0v) is 13.8. The number of para-hydroxylation sites is 2. The summed E-state index contributed by atoms with van der Waals surface area (Å²) in [6.45, 7) is 2.42. The van der Waals surface area contributed by atoms with Crippen LogP contribution in [0.2, 0.25) is 0 Å². The molecular formula is C16H14N6OS. The highest BCUT2D eigenvalue weighted by Crippen LogP contribution is 2.18. The van der Waals surface area contributed by atoms with Crippen LogP contribution in [0, 0.1) is 0 Å². The van der Waals surface area contributed by atoms with Gasteiger partial charge in [0, 0.05) is 12.4 Å². The number of imidazole rings is 1. The minimum Gasteiger partial charge on any atom is -0.285 e. The molecule has 3 aromatic heterocycles. The van der Waals surface area contributed by atoms with Gasteiger partial charge in [-0.1, -0.05) is 30.4 Å². The first-order chi connectivity index (χ1) is 11.8. The van der Waals surface area contributed by atoms with Crippen LogP contribution >= 0.6 is 11.3 Å². The fourth-order valence-electron chi connectivity index (χ4n) is 2.59. The molecule has 0 saturated carbocycles. The second-order valence-electron chi connectivity index (χ2n) is 5.18. The number of rotatable bonds is 4. The lowest BCUT2D eigenvalue weighted by atomic mass is 10.3. The molecule has 0 amide bonds. The molecule has 0 saturated heterocycles. The first-order valence-electron chi connectivity index (χ1n) is 7.57. The summed E-state index contributed by atoms with van der Waals surface area (Å²) in [6.07, 6.45) is 4.09. The Kier molecular flexibility index (Phi) is 3.66. The third kappa shape index (κ3) is 2.41. The summed E-state index contributed by atoms with van der Waals surface area (Å²) in [4.78, 5) is 21.4. The van der Waals surface area contributed by atoms with Crippen molar-refractivity contribution in [1.82, 2.24) is 29.3 Å². The van der Waals surface area contributed by atoms with Crippen molar-refractivity contribution in [3.63, 3.8) is 0 Å². The molecule has 3 heterocycles. The Hall–Kier alpha value is -2.87. The quantitative estimate of drug-likeness (QED) is 0.569. The lowest BCUT2D eigenvalue weighted by Gasteiger charge is -1.99. The van der Waals surface area contributed by atoms with Gasteiger partial charge in [-0.05, 0) is 24.6 Å². The Morgan fingerprint density at radius 2 is 1.71 bits per heavy atom. The summed E-state index contributed by atoms with van der Waals surface area (Å²) in [5.74, 6) is 0.365. The number of hydrogen-bond donors (Lipinski definition) is 0. The number of fused-ring (bicyclic) bond motifs is 1. The van der Waals surface area contributed by atoms with E-state index in [4.69, 9.17) is 0 Å². The molecule has 0 aliphatic rings. The normalized spacial score (nSPS) is 11.2. The van der Waals surface area contributed by atoms with Gasteiger partial charge in [0.2, 0.25) is 5.95 Å². The van der Waals surface area contributed by atoms with Gasteiger partial charge >= 0.3 is 5.69 Å². The Balaban J connectivity index is 1.90. The van der Waals surface area contributed by atoms with E-state index in [1.54, 1.807) is 23.0 Å². The maximum Gasteiger partial charge on any atom is 0.336 e. The molecule has 4 aromatic rings. The van der Waals surface area contributed by atoms with Gasteiger partial charge in [0.15, 0.2) is 0 Å². The molecule has 0 aliphatic heterocycles. The van der Waals surface area contributed by atoms with Gasteiger partial charge in [0.1, 0.15) is 10.0 Å². The molecule has 0 fully saturated rings.